The van der Waals surface area contributed by atoms with E-state index in [0.29, 0.717) is 23.9 Å². The molecule has 0 rings (SSSR count). The molecule has 8 nitrogen and oxygen atoms in total. The van der Waals surface area contributed by atoms with Gasteiger partial charge in [-0.2, -0.15) is 0 Å². The maximum atomic E-state index is 13.1. The van der Waals surface area contributed by atoms with Crippen molar-refractivity contribution in [2.24, 2.45) is 0 Å². The Morgan fingerprint density at radius 1 is 0.378 bits per heavy atom. The summed E-state index contributed by atoms with van der Waals surface area (Å²) in [4.78, 5) is 23.5. The molecule has 534 valence electrons. The molecule has 0 radical (unpaired) electrons. The average molecular weight is 1290 g/mol. The maximum Gasteiger partial charge on any atom is 0.472 e. The summed E-state index contributed by atoms with van der Waals surface area (Å²) >= 11 is 0. The predicted molar refractivity (Wildman–Crippen MR) is 397 cm³/mol. The number of allylic oxidation sites excluding steroid dienone is 6. The molecule has 0 saturated heterocycles. The second-order valence-electron chi connectivity index (χ2n) is 29.2. The molecule has 0 heterocycles. The molecular formula is C81H160N2O6P+. The van der Waals surface area contributed by atoms with Gasteiger partial charge in [-0.05, 0) is 51.4 Å². The van der Waals surface area contributed by atoms with Gasteiger partial charge >= 0.3 is 7.82 Å². The Bertz CT molecular complexity index is 1560. The minimum Gasteiger partial charge on any atom is -0.391 e. The largest absolute Gasteiger partial charge is 0.472 e. The van der Waals surface area contributed by atoms with Gasteiger partial charge in [0.05, 0.1) is 39.9 Å². The van der Waals surface area contributed by atoms with Gasteiger partial charge in [-0.3, -0.25) is 13.8 Å². The van der Waals surface area contributed by atoms with Crippen LogP contribution in [0.1, 0.15) is 425 Å². The van der Waals surface area contributed by atoms with Crippen molar-refractivity contribution in [2.45, 2.75) is 437 Å². The van der Waals surface area contributed by atoms with E-state index in [4.69, 9.17) is 9.05 Å². The zero-order valence-corrected chi connectivity index (χ0v) is 62.3. The molecule has 3 unspecified atom stereocenters. The number of unbranched alkanes of at least 4 members (excludes halogenated alkanes) is 57. The van der Waals surface area contributed by atoms with Crippen molar-refractivity contribution in [3.05, 3.63) is 36.5 Å². The lowest BCUT2D eigenvalue weighted by molar-refractivity contribution is -0.870. The summed E-state index contributed by atoms with van der Waals surface area (Å²) in [5, 5.41) is 14.2. The smallest absolute Gasteiger partial charge is 0.391 e. The second-order valence-corrected chi connectivity index (χ2v) is 30.6. The van der Waals surface area contributed by atoms with Crippen molar-refractivity contribution in [3.63, 3.8) is 0 Å². The number of hydrogen-bond acceptors (Lipinski definition) is 5. The van der Waals surface area contributed by atoms with Gasteiger partial charge in [-0.15, -0.1) is 0 Å². The summed E-state index contributed by atoms with van der Waals surface area (Å²) in [6, 6.07) is -0.761. The highest BCUT2D eigenvalue weighted by molar-refractivity contribution is 7.47. The van der Waals surface area contributed by atoms with Crippen LogP contribution in [0.2, 0.25) is 0 Å². The van der Waals surface area contributed by atoms with Gasteiger partial charge in [0.15, 0.2) is 0 Å². The monoisotopic (exact) mass is 1290 g/mol. The van der Waals surface area contributed by atoms with Crippen molar-refractivity contribution in [1.82, 2.24) is 5.32 Å². The minimum absolute atomic E-state index is 0.0774. The van der Waals surface area contributed by atoms with E-state index in [1.54, 1.807) is 0 Å². The number of nitrogens with one attached hydrogen (secondary N) is 1. The molecule has 3 atom stereocenters. The number of aliphatic hydroxyl groups is 1. The number of aliphatic hydroxyl groups excluding tert-OH is 1. The Labute approximate surface area is 563 Å². The quantitative estimate of drug-likeness (QED) is 0.0243. The first-order valence-corrected chi connectivity index (χ1v) is 41.8. The predicted octanol–water partition coefficient (Wildman–Crippen LogP) is 26.3. The topological polar surface area (TPSA) is 105 Å². The zero-order chi connectivity index (χ0) is 65.5. The van der Waals surface area contributed by atoms with E-state index in [9.17, 15) is 19.4 Å². The normalized spacial score (nSPS) is 13.6. The molecule has 1 amide bonds. The number of rotatable bonds is 76. The number of quaternary nitrogens is 1. The summed E-state index contributed by atoms with van der Waals surface area (Å²) in [5.74, 6) is -0.134. The van der Waals surface area contributed by atoms with Crippen LogP contribution in [0.3, 0.4) is 0 Å². The fraction of sp³-hybridized carbons (Fsp3) is 0.914. The van der Waals surface area contributed by atoms with E-state index in [1.807, 2.05) is 21.1 Å². The molecular weight excluding hydrogens is 1130 g/mol. The highest BCUT2D eigenvalue weighted by atomic mass is 31.2. The summed E-state index contributed by atoms with van der Waals surface area (Å²) in [5.41, 5.74) is 0. The second kappa shape index (κ2) is 72.0. The van der Waals surface area contributed by atoms with Crippen molar-refractivity contribution >= 4 is 13.7 Å². The van der Waals surface area contributed by atoms with E-state index >= 15 is 0 Å². The summed E-state index contributed by atoms with van der Waals surface area (Å²) < 4.78 is 24.0. The third kappa shape index (κ3) is 74.1. The number of carbonyl (C=O) groups is 1. The Hall–Kier alpha value is -1.28. The Morgan fingerprint density at radius 2 is 0.633 bits per heavy atom. The molecule has 0 aliphatic heterocycles. The summed E-state index contributed by atoms with van der Waals surface area (Å²) in [7, 11) is 1.64. The third-order valence-electron chi connectivity index (χ3n) is 18.9. The number of likely N-dealkylation sites (N-methyl/N-ethyl adjacent to an activating group) is 1. The molecule has 9 heteroatoms. The molecule has 0 saturated carbocycles. The van der Waals surface area contributed by atoms with Crippen LogP contribution in [-0.4, -0.2) is 73.4 Å². The van der Waals surface area contributed by atoms with E-state index in [2.05, 4.69) is 55.6 Å². The molecule has 90 heavy (non-hydrogen) atoms. The lowest BCUT2D eigenvalue weighted by Crippen LogP contribution is -2.46. The molecule has 0 aromatic carbocycles. The molecule has 0 fully saturated rings. The molecule has 0 aromatic rings. The van der Waals surface area contributed by atoms with Gasteiger partial charge in [-0.1, -0.05) is 403 Å². The number of hydrogen-bond donors (Lipinski definition) is 3. The van der Waals surface area contributed by atoms with Gasteiger partial charge in [0.1, 0.15) is 13.2 Å². The average Bonchev–Trinajstić information content (AvgIpc) is 3.18. The van der Waals surface area contributed by atoms with Crippen LogP contribution in [0.15, 0.2) is 36.5 Å². The maximum absolute atomic E-state index is 13.1. The Morgan fingerprint density at radius 3 is 0.922 bits per heavy atom. The Balaban J connectivity index is 3.91. The van der Waals surface area contributed by atoms with Gasteiger partial charge in [-0.25, -0.2) is 4.57 Å². The number of phosphoric ester groups is 1. The van der Waals surface area contributed by atoms with Crippen molar-refractivity contribution in [2.75, 3.05) is 40.9 Å². The summed E-state index contributed by atoms with van der Waals surface area (Å²) in [6.07, 6.45) is 97.2. The van der Waals surface area contributed by atoms with Gasteiger partial charge < -0.3 is 19.8 Å². The van der Waals surface area contributed by atoms with E-state index in [0.717, 1.165) is 51.4 Å². The van der Waals surface area contributed by atoms with Crippen LogP contribution in [-0.2, 0) is 18.4 Å². The minimum atomic E-state index is -4.33. The van der Waals surface area contributed by atoms with Crippen LogP contribution in [0.5, 0.6) is 0 Å². The highest BCUT2D eigenvalue weighted by Crippen LogP contribution is 2.43. The van der Waals surface area contributed by atoms with Crippen molar-refractivity contribution < 1.29 is 32.9 Å². The lowest BCUT2D eigenvalue weighted by Gasteiger charge is -2.26. The van der Waals surface area contributed by atoms with Crippen LogP contribution >= 0.6 is 7.82 Å². The molecule has 0 spiro atoms. The van der Waals surface area contributed by atoms with Gasteiger partial charge in [0, 0.05) is 6.42 Å². The number of amides is 1. The molecule has 0 aliphatic carbocycles. The molecule has 0 bridgehead atoms. The lowest BCUT2D eigenvalue weighted by atomic mass is 10.0. The fourth-order valence-electron chi connectivity index (χ4n) is 12.7. The first-order valence-electron chi connectivity index (χ1n) is 40.4. The molecule has 0 aromatic heterocycles. The SMILES string of the molecule is CCCCCCC/C=C\C/C=C\C/C=C\CCCCCCCCCCCCCCCCCCCCCCCCC(=O)NC(COP(=O)(O)OCC[N+](C)(C)C)C(O)CCCCCCCCCCCCCCCCCCCCCCCCCCCCCCCCC. The van der Waals surface area contributed by atoms with Crippen LogP contribution in [0, 0.1) is 0 Å². The van der Waals surface area contributed by atoms with Crippen LogP contribution in [0.25, 0.3) is 0 Å². The standard InChI is InChI=1S/C81H159N2O6P/c1-6-8-10-12-14-16-18-20-22-24-26-28-30-32-34-36-38-39-40-41-42-43-45-47-49-51-53-55-57-59-61-63-65-67-69-71-73-75-81(85)82-79(78-89-90(86,87)88-77-76-83(3,4)5)80(84)74-72-70-68-66-64-62-60-58-56-54-52-50-48-46-44-37-35-33-31-29-27-25-23-21-19-17-15-13-11-9-7-2/h18,20,24,26,30,32,79-80,84H,6-17,19,21-23,25,27-29,31,33-78H2,1-5H3,(H-,82,85,86,87)/p+1/b20-18-,26-24-,32-30-. The van der Waals surface area contributed by atoms with Crippen LogP contribution in [0.4, 0.5) is 0 Å². The van der Waals surface area contributed by atoms with Gasteiger partial charge in [0.25, 0.3) is 0 Å². The Kier molecular flexibility index (Phi) is 71.0. The third-order valence-corrected chi connectivity index (χ3v) is 19.9. The van der Waals surface area contributed by atoms with Crippen molar-refractivity contribution in [3.8, 4) is 0 Å². The fourth-order valence-corrected chi connectivity index (χ4v) is 13.4. The van der Waals surface area contributed by atoms with Crippen LogP contribution < -0.4 is 5.32 Å². The van der Waals surface area contributed by atoms with Crippen molar-refractivity contribution in [1.29, 1.82) is 0 Å². The first-order chi connectivity index (χ1) is 44.0. The molecule has 0 aliphatic rings. The molecule has 3 N–H and O–H groups in total. The zero-order valence-electron chi connectivity index (χ0n) is 61.4. The van der Waals surface area contributed by atoms with Gasteiger partial charge in [0.2, 0.25) is 5.91 Å². The van der Waals surface area contributed by atoms with E-state index in [1.165, 1.54) is 347 Å². The van der Waals surface area contributed by atoms with E-state index in [-0.39, 0.29) is 19.1 Å². The first kappa shape index (κ1) is 88.7. The highest BCUT2D eigenvalue weighted by Gasteiger charge is 2.28. The number of nitrogens with zero attached hydrogens (tertiary/aromatic N) is 1. The summed E-state index contributed by atoms with van der Waals surface area (Å²) in [6.45, 7) is 4.95. The number of carbonyl (C=O) groups excluding carboxylic acids is 1. The number of phosphoric acid groups is 1. The van der Waals surface area contributed by atoms with E-state index < -0.39 is 20.0 Å².